The molecule has 22 heavy (non-hydrogen) atoms. The van der Waals surface area contributed by atoms with E-state index in [9.17, 15) is 4.79 Å². The zero-order chi connectivity index (χ0) is 15.8. The van der Waals surface area contributed by atoms with E-state index >= 15 is 0 Å². The minimum absolute atomic E-state index is 0.226. The monoisotopic (exact) mass is 337 g/mol. The van der Waals surface area contributed by atoms with Gasteiger partial charge >= 0.3 is 0 Å². The molecule has 2 rings (SSSR count). The Kier molecular flexibility index (Phi) is 6.67. The molecule has 0 spiro atoms. The summed E-state index contributed by atoms with van der Waals surface area (Å²) in [7, 11) is 0. The van der Waals surface area contributed by atoms with Crippen LogP contribution in [-0.2, 0) is 0 Å². The van der Waals surface area contributed by atoms with Crippen molar-refractivity contribution >= 4 is 34.1 Å². The number of unbranched alkanes of at least 4 members (excludes halogenated alkanes) is 1. The second kappa shape index (κ2) is 8.75. The second-order valence-electron chi connectivity index (χ2n) is 4.46. The minimum atomic E-state index is -0.226. The number of benzene rings is 1. The molecule has 0 saturated heterocycles. The molecule has 1 aromatic heterocycles. The summed E-state index contributed by atoms with van der Waals surface area (Å²) in [5.74, 6) is 1.30. The number of amides is 1. The third-order valence-corrected chi connectivity index (χ3v) is 4.64. The number of nitrogens with zero attached hydrogens (tertiary/aromatic N) is 2. The number of hydrogen-bond acceptors (Lipinski definition) is 6. The summed E-state index contributed by atoms with van der Waals surface area (Å²) < 4.78 is 6.53. The molecule has 0 aliphatic carbocycles. The summed E-state index contributed by atoms with van der Waals surface area (Å²) in [4.78, 5) is 12.4. The number of nitrogens with one attached hydrogen (secondary N) is 1. The van der Waals surface area contributed by atoms with Gasteiger partial charge in [-0.25, -0.2) is 0 Å². The first-order chi connectivity index (χ1) is 10.7. The van der Waals surface area contributed by atoms with Gasteiger partial charge in [-0.15, -0.1) is 10.2 Å². The van der Waals surface area contributed by atoms with Crippen LogP contribution in [0, 0.1) is 0 Å². The van der Waals surface area contributed by atoms with Gasteiger partial charge in [0.15, 0.2) is 4.34 Å². The van der Waals surface area contributed by atoms with E-state index in [1.54, 1.807) is 17.8 Å². The molecule has 0 atom stereocenters. The molecular formula is C15H19N3O2S2. The maximum absolute atomic E-state index is 12.4. The van der Waals surface area contributed by atoms with Crippen molar-refractivity contribution in [2.75, 3.05) is 17.7 Å². The average molecular weight is 337 g/mol. The average Bonchev–Trinajstić information content (AvgIpc) is 2.95. The van der Waals surface area contributed by atoms with Gasteiger partial charge in [0.1, 0.15) is 5.75 Å². The highest BCUT2D eigenvalue weighted by Gasteiger charge is 2.14. The lowest BCUT2D eigenvalue weighted by Gasteiger charge is -2.10. The summed E-state index contributed by atoms with van der Waals surface area (Å²) in [5, 5.41) is 11.3. The molecule has 1 heterocycles. The van der Waals surface area contributed by atoms with Crippen LogP contribution in [0.15, 0.2) is 28.6 Å². The van der Waals surface area contributed by atoms with Crippen LogP contribution >= 0.6 is 23.1 Å². The molecule has 1 aromatic carbocycles. The van der Waals surface area contributed by atoms with Crippen molar-refractivity contribution in [1.82, 2.24) is 10.2 Å². The molecule has 5 nitrogen and oxygen atoms in total. The van der Waals surface area contributed by atoms with Gasteiger partial charge in [0.25, 0.3) is 5.91 Å². The van der Waals surface area contributed by atoms with Crippen molar-refractivity contribution in [3.63, 3.8) is 0 Å². The van der Waals surface area contributed by atoms with E-state index in [4.69, 9.17) is 4.74 Å². The smallest absolute Gasteiger partial charge is 0.261 e. The molecule has 0 saturated carbocycles. The Morgan fingerprint density at radius 3 is 2.91 bits per heavy atom. The first kappa shape index (κ1) is 16.8. The highest BCUT2D eigenvalue weighted by molar-refractivity contribution is 8.01. The van der Waals surface area contributed by atoms with E-state index in [-0.39, 0.29) is 5.91 Å². The first-order valence-electron chi connectivity index (χ1n) is 7.24. The Morgan fingerprint density at radius 2 is 2.14 bits per heavy atom. The Balaban J connectivity index is 2.04. The molecule has 118 valence electrons. The van der Waals surface area contributed by atoms with Gasteiger partial charge in [0, 0.05) is 0 Å². The molecule has 7 heteroatoms. The van der Waals surface area contributed by atoms with E-state index < -0.39 is 0 Å². The fourth-order valence-electron chi connectivity index (χ4n) is 1.71. The number of rotatable bonds is 8. The molecule has 1 amide bonds. The van der Waals surface area contributed by atoms with Crippen LogP contribution in [0.25, 0.3) is 0 Å². The van der Waals surface area contributed by atoms with Crippen molar-refractivity contribution in [3.05, 3.63) is 29.8 Å². The molecule has 0 aliphatic rings. The van der Waals surface area contributed by atoms with Gasteiger partial charge in [0.2, 0.25) is 5.13 Å². The van der Waals surface area contributed by atoms with E-state index in [0.717, 1.165) is 22.9 Å². The number of carbonyl (C=O) groups is 1. The Hall–Kier alpha value is -1.60. The fraction of sp³-hybridized carbons (Fsp3) is 0.400. The molecule has 0 radical (unpaired) electrons. The van der Waals surface area contributed by atoms with Crippen molar-refractivity contribution in [2.24, 2.45) is 0 Å². The van der Waals surface area contributed by atoms with E-state index in [1.165, 1.54) is 11.3 Å². The molecule has 0 unspecified atom stereocenters. The number of aromatic nitrogens is 2. The normalized spacial score (nSPS) is 10.5. The highest BCUT2D eigenvalue weighted by Crippen LogP contribution is 2.26. The molecule has 0 aliphatic heterocycles. The molecule has 0 fully saturated rings. The Labute approximate surface area is 138 Å². The summed E-state index contributed by atoms with van der Waals surface area (Å²) in [6.45, 7) is 4.76. The SMILES string of the molecule is CCCCOc1ccccc1C(=O)Nc1nnc(SCC)s1. The lowest BCUT2D eigenvalue weighted by atomic mass is 10.2. The Morgan fingerprint density at radius 1 is 1.32 bits per heavy atom. The summed E-state index contributed by atoms with van der Waals surface area (Å²) in [6, 6.07) is 7.24. The van der Waals surface area contributed by atoms with Gasteiger partial charge in [-0.2, -0.15) is 0 Å². The number of para-hydroxylation sites is 1. The van der Waals surface area contributed by atoms with Crippen LogP contribution < -0.4 is 10.1 Å². The number of anilines is 1. The third kappa shape index (κ3) is 4.71. The maximum atomic E-state index is 12.4. The number of carbonyl (C=O) groups excluding carboxylic acids is 1. The van der Waals surface area contributed by atoms with Crippen molar-refractivity contribution in [2.45, 2.75) is 31.0 Å². The van der Waals surface area contributed by atoms with Gasteiger partial charge in [-0.3, -0.25) is 10.1 Å². The van der Waals surface area contributed by atoms with Crippen molar-refractivity contribution in [3.8, 4) is 5.75 Å². The topological polar surface area (TPSA) is 64.1 Å². The van der Waals surface area contributed by atoms with Crippen LogP contribution in [0.1, 0.15) is 37.0 Å². The van der Waals surface area contributed by atoms with Crippen LogP contribution in [0.3, 0.4) is 0 Å². The van der Waals surface area contributed by atoms with E-state index in [2.05, 4.69) is 22.4 Å². The van der Waals surface area contributed by atoms with Gasteiger partial charge < -0.3 is 4.74 Å². The van der Waals surface area contributed by atoms with Crippen molar-refractivity contribution in [1.29, 1.82) is 0 Å². The van der Waals surface area contributed by atoms with Gasteiger partial charge in [-0.1, -0.05) is 55.5 Å². The highest BCUT2D eigenvalue weighted by atomic mass is 32.2. The number of thioether (sulfide) groups is 1. The lowest BCUT2D eigenvalue weighted by molar-refractivity contribution is 0.102. The predicted molar refractivity (Wildman–Crippen MR) is 91.1 cm³/mol. The summed E-state index contributed by atoms with van der Waals surface area (Å²) >= 11 is 2.98. The third-order valence-electron chi connectivity index (χ3n) is 2.78. The van der Waals surface area contributed by atoms with Gasteiger partial charge in [0.05, 0.1) is 12.2 Å². The largest absolute Gasteiger partial charge is 0.493 e. The zero-order valence-corrected chi connectivity index (χ0v) is 14.3. The standard InChI is InChI=1S/C15H19N3O2S2/c1-3-5-10-20-12-9-7-6-8-11(12)13(19)16-14-17-18-15(22-14)21-4-2/h6-9H,3-5,10H2,1-2H3,(H,16,17,19). The van der Waals surface area contributed by atoms with Crippen LogP contribution in [0.5, 0.6) is 5.75 Å². The van der Waals surface area contributed by atoms with Crippen LogP contribution in [0.2, 0.25) is 0 Å². The first-order valence-corrected chi connectivity index (χ1v) is 9.04. The number of ether oxygens (including phenoxy) is 1. The van der Waals surface area contributed by atoms with E-state index in [1.807, 2.05) is 25.1 Å². The van der Waals surface area contributed by atoms with Crippen LogP contribution in [-0.4, -0.2) is 28.5 Å². The maximum Gasteiger partial charge on any atom is 0.261 e. The summed E-state index contributed by atoms with van der Waals surface area (Å²) in [6.07, 6.45) is 2.01. The lowest BCUT2D eigenvalue weighted by Crippen LogP contribution is -2.13. The van der Waals surface area contributed by atoms with E-state index in [0.29, 0.717) is 23.1 Å². The quantitative estimate of drug-likeness (QED) is 0.447. The molecule has 0 bridgehead atoms. The molecular weight excluding hydrogens is 318 g/mol. The second-order valence-corrected chi connectivity index (χ2v) is 6.95. The van der Waals surface area contributed by atoms with Crippen LogP contribution in [0.4, 0.5) is 5.13 Å². The molecule has 2 aromatic rings. The zero-order valence-electron chi connectivity index (χ0n) is 12.7. The van der Waals surface area contributed by atoms with Crippen molar-refractivity contribution < 1.29 is 9.53 Å². The minimum Gasteiger partial charge on any atom is -0.493 e. The van der Waals surface area contributed by atoms with Gasteiger partial charge in [-0.05, 0) is 24.3 Å². The predicted octanol–water partition coefficient (Wildman–Crippen LogP) is 4.08. The summed E-state index contributed by atoms with van der Waals surface area (Å²) in [5.41, 5.74) is 0.512. The number of hydrogen-bond donors (Lipinski definition) is 1. The Bertz CT molecular complexity index is 616. The fourth-order valence-corrected chi connectivity index (χ4v) is 3.36. The molecule has 1 N–H and O–H groups in total.